The van der Waals surface area contributed by atoms with Crippen molar-refractivity contribution >= 4 is 35.0 Å². The van der Waals surface area contributed by atoms with Gasteiger partial charge in [-0.25, -0.2) is 9.78 Å². The first-order chi connectivity index (χ1) is 13.9. The van der Waals surface area contributed by atoms with Gasteiger partial charge in [-0.3, -0.25) is 4.79 Å². The van der Waals surface area contributed by atoms with Crippen molar-refractivity contribution in [1.82, 2.24) is 9.88 Å². The van der Waals surface area contributed by atoms with E-state index in [1.54, 1.807) is 17.0 Å². The van der Waals surface area contributed by atoms with Crippen molar-refractivity contribution in [3.8, 4) is 11.5 Å². The second-order valence-corrected chi connectivity index (χ2v) is 8.30. The van der Waals surface area contributed by atoms with Crippen LogP contribution in [0.15, 0.2) is 34.0 Å². The van der Waals surface area contributed by atoms with Gasteiger partial charge in [0.15, 0.2) is 10.0 Å². The fourth-order valence-corrected chi connectivity index (χ4v) is 4.67. The van der Waals surface area contributed by atoms with E-state index in [1.807, 2.05) is 0 Å². The van der Waals surface area contributed by atoms with E-state index in [1.165, 1.54) is 40.6 Å². The second-order valence-electron chi connectivity index (χ2n) is 6.10. The van der Waals surface area contributed by atoms with Gasteiger partial charge in [0, 0.05) is 30.2 Å². The number of aromatic carboxylic acids is 1. The number of thiazole rings is 1. The molecule has 1 atom stereocenters. The molecule has 1 aromatic carbocycles. The van der Waals surface area contributed by atoms with Crippen molar-refractivity contribution < 1.29 is 33.0 Å². The summed E-state index contributed by atoms with van der Waals surface area (Å²) >= 11 is 2.65. The first-order valence-corrected chi connectivity index (χ1v) is 10.6. The zero-order valence-corrected chi connectivity index (χ0v) is 16.8. The quantitative estimate of drug-likeness (QED) is 0.560. The van der Waals surface area contributed by atoms with Crippen LogP contribution in [-0.2, 0) is 4.79 Å². The summed E-state index contributed by atoms with van der Waals surface area (Å²) in [6.07, 6.45) is 1.07. The van der Waals surface area contributed by atoms with Crippen molar-refractivity contribution in [2.45, 2.75) is 29.8 Å². The summed E-state index contributed by atoms with van der Waals surface area (Å²) in [5, 5.41) is 10.4. The highest BCUT2D eigenvalue weighted by Crippen LogP contribution is 2.26. The Morgan fingerprint density at radius 3 is 2.93 bits per heavy atom. The maximum atomic E-state index is 12.3. The molecule has 1 fully saturated rings. The first kappa shape index (κ1) is 21.3. The normalized spacial score (nSPS) is 16.4. The lowest BCUT2D eigenvalue weighted by Crippen LogP contribution is -2.38. The van der Waals surface area contributed by atoms with Crippen LogP contribution in [-0.4, -0.2) is 58.4 Å². The van der Waals surface area contributed by atoms with Crippen molar-refractivity contribution in [2.75, 3.05) is 18.9 Å². The van der Waals surface area contributed by atoms with E-state index >= 15 is 0 Å². The Kier molecular flexibility index (Phi) is 7.26. The summed E-state index contributed by atoms with van der Waals surface area (Å²) in [5.41, 5.74) is 0.0130. The smallest absolute Gasteiger partial charge is 0.387 e. The number of carbonyl (C=O) groups is 2. The molecule has 1 N–H and O–H groups in total. The second kappa shape index (κ2) is 9.88. The number of rotatable bonds is 10. The zero-order valence-electron chi connectivity index (χ0n) is 15.1. The van der Waals surface area contributed by atoms with Crippen LogP contribution >= 0.6 is 23.1 Å². The molecule has 7 nitrogen and oxygen atoms in total. The highest BCUT2D eigenvalue weighted by molar-refractivity contribution is 8.01. The Morgan fingerprint density at radius 2 is 2.21 bits per heavy atom. The summed E-state index contributed by atoms with van der Waals surface area (Å²) in [7, 11) is 0. The number of aromatic nitrogens is 1. The Hall–Kier alpha value is -2.40. The molecular formula is C18H18F2N2O5S2. The van der Waals surface area contributed by atoms with Gasteiger partial charge in [0.05, 0.1) is 6.04 Å². The Bertz CT molecular complexity index is 864. The lowest BCUT2D eigenvalue weighted by Gasteiger charge is -2.24. The third-order valence-corrected chi connectivity index (χ3v) is 6.19. The van der Waals surface area contributed by atoms with Crippen LogP contribution in [0.1, 0.15) is 23.3 Å². The van der Waals surface area contributed by atoms with Crippen molar-refractivity contribution in [3.05, 3.63) is 35.3 Å². The topological polar surface area (TPSA) is 89.0 Å². The molecule has 29 heavy (non-hydrogen) atoms. The number of likely N-dealkylation sites (tertiary alicyclic amines) is 1. The predicted octanol–water partition coefficient (Wildman–Crippen LogP) is 3.60. The number of amides is 1. The van der Waals surface area contributed by atoms with Crippen LogP contribution in [0.4, 0.5) is 8.78 Å². The van der Waals surface area contributed by atoms with Crippen LogP contribution in [0.25, 0.3) is 0 Å². The van der Waals surface area contributed by atoms with Gasteiger partial charge in [-0.2, -0.15) is 8.78 Å². The number of carbonyl (C=O) groups excluding carboxylic acids is 1. The standard InChI is InChI=1S/C18H18F2N2O5S2/c19-17(20)27-13-3-1-2-12(8-13)26-9-11-4-5-15(23)22(11)6-7-28-18-21-14(10-29-18)16(24)25/h1-3,8,10-11,17H,4-7,9H2,(H,24,25)/t11-/m1/s1. The number of carboxylic acids is 1. The molecule has 3 rings (SSSR count). The van der Waals surface area contributed by atoms with Crippen molar-refractivity contribution in [2.24, 2.45) is 0 Å². The predicted molar refractivity (Wildman–Crippen MR) is 103 cm³/mol. The molecule has 1 aliphatic rings. The van der Waals surface area contributed by atoms with E-state index in [-0.39, 0.29) is 30.0 Å². The molecule has 1 amide bonds. The number of carboxylic acid groups (broad SMARTS) is 1. The average Bonchev–Trinajstić information content (AvgIpc) is 3.28. The molecule has 0 aliphatic carbocycles. The van der Waals surface area contributed by atoms with Crippen LogP contribution in [0.2, 0.25) is 0 Å². The van der Waals surface area contributed by atoms with E-state index in [0.29, 0.717) is 35.2 Å². The number of benzene rings is 1. The molecule has 1 saturated heterocycles. The maximum absolute atomic E-state index is 12.3. The Labute approximate surface area is 173 Å². The molecule has 156 valence electrons. The zero-order chi connectivity index (χ0) is 20.8. The van der Waals surface area contributed by atoms with Crippen LogP contribution < -0.4 is 9.47 Å². The minimum absolute atomic E-state index is 0.0115. The number of thioether (sulfide) groups is 1. The number of nitrogens with zero attached hydrogens (tertiary/aromatic N) is 2. The average molecular weight is 444 g/mol. The van der Waals surface area contributed by atoms with E-state index in [2.05, 4.69) is 9.72 Å². The molecule has 0 radical (unpaired) electrons. The van der Waals surface area contributed by atoms with E-state index in [0.717, 1.165) is 0 Å². The van der Waals surface area contributed by atoms with Gasteiger partial charge in [-0.15, -0.1) is 11.3 Å². The lowest BCUT2D eigenvalue weighted by atomic mass is 10.2. The molecule has 2 heterocycles. The summed E-state index contributed by atoms with van der Waals surface area (Å²) in [4.78, 5) is 28.8. The maximum Gasteiger partial charge on any atom is 0.387 e. The van der Waals surface area contributed by atoms with E-state index in [9.17, 15) is 18.4 Å². The fraction of sp³-hybridized carbons (Fsp3) is 0.389. The molecule has 1 aromatic heterocycles. The van der Waals surface area contributed by atoms with Crippen LogP contribution in [0, 0.1) is 0 Å². The Balaban J connectivity index is 1.50. The summed E-state index contributed by atoms with van der Waals surface area (Å²) in [6.45, 7) is -2.18. The van der Waals surface area contributed by atoms with E-state index < -0.39 is 12.6 Å². The van der Waals surface area contributed by atoms with Crippen molar-refractivity contribution in [1.29, 1.82) is 0 Å². The summed E-state index contributed by atoms with van der Waals surface area (Å²) in [5.74, 6) is -0.0624. The van der Waals surface area contributed by atoms with E-state index in [4.69, 9.17) is 9.84 Å². The van der Waals surface area contributed by atoms with Gasteiger partial charge >= 0.3 is 12.6 Å². The van der Waals surface area contributed by atoms with Crippen LogP contribution in [0.3, 0.4) is 0 Å². The third kappa shape index (κ3) is 6.04. The van der Waals surface area contributed by atoms with Gasteiger partial charge in [0.25, 0.3) is 0 Å². The lowest BCUT2D eigenvalue weighted by molar-refractivity contribution is -0.129. The Morgan fingerprint density at radius 1 is 1.41 bits per heavy atom. The van der Waals surface area contributed by atoms with Crippen molar-refractivity contribution in [3.63, 3.8) is 0 Å². The number of alkyl halides is 2. The number of ether oxygens (including phenoxy) is 2. The fourth-order valence-electron chi connectivity index (χ4n) is 2.86. The summed E-state index contributed by atoms with van der Waals surface area (Å²) in [6, 6.07) is 5.87. The minimum Gasteiger partial charge on any atom is -0.491 e. The third-order valence-electron chi connectivity index (χ3n) is 4.19. The van der Waals surface area contributed by atoms with Gasteiger partial charge in [-0.1, -0.05) is 17.8 Å². The van der Waals surface area contributed by atoms with Crippen LogP contribution in [0.5, 0.6) is 11.5 Å². The highest BCUT2D eigenvalue weighted by Gasteiger charge is 2.31. The molecule has 0 spiro atoms. The van der Waals surface area contributed by atoms with Gasteiger partial charge in [0.2, 0.25) is 5.91 Å². The van der Waals surface area contributed by atoms with Gasteiger partial charge < -0.3 is 19.5 Å². The SMILES string of the molecule is O=C(O)c1csc(SCCN2C(=O)CC[C@@H]2COc2cccc(OC(F)F)c2)n1. The van der Waals surface area contributed by atoms with Gasteiger partial charge in [-0.05, 0) is 18.6 Å². The summed E-state index contributed by atoms with van der Waals surface area (Å²) < 4.78 is 35.3. The molecule has 0 bridgehead atoms. The largest absolute Gasteiger partial charge is 0.491 e. The molecule has 1 aliphatic heterocycles. The molecule has 11 heteroatoms. The number of halogens is 2. The monoisotopic (exact) mass is 444 g/mol. The number of hydrogen-bond donors (Lipinski definition) is 1. The first-order valence-electron chi connectivity index (χ1n) is 8.71. The minimum atomic E-state index is -2.91. The highest BCUT2D eigenvalue weighted by atomic mass is 32.2. The van der Waals surface area contributed by atoms with Gasteiger partial charge in [0.1, 0.15) is 18.1 Å². The molecular weight excluding hydrogens is 426 g/mol. The molecule has 0 saturated carbocycles. The number of hydrogen-bond acceptors (Lipinski definition) is 7. The molecule has 2 aromatic rings. The molecule has 0 unspecified atom stereocenters.